The van der Waals surface area contributed by atoms with E-state index in [2.05, 4.69) is 0 Å². The van der Waals surface area contributed by atoms with Crippen molar-refractivity contribution >= 4 is 28.9 Å². The molecule has 1 aliphatic rings. The predicted octanol–water partition coefficient (Wildman–Crippen LogP) is 2.85. The summed E-state index contributed by atoms with van der Waals surface area (Å²) >= 11 is 5.88. The van der Waals surface area contributed by atoms with Crippen molar-refractivity contribution in [2.45, 2.75) is 32.2 Å². The maximum absolute atomic E-state index is 12.5. The number of amides is 1. The summed E-state index contributed by atoms with van der Waals surface area (Å²) in [6.45, 7) is 2.64. The zero-order valence-electron chi connectivity index (χ0n) is 11.1. The van der Waals surface area contributed by atoms with E-state index in [4.69, 9.17) is 17.3 Å². The van der Waals surface area contributed by atoms with Crippen LogP contribution >= 0.6 is 11.6 Å². The summed E-state index contributed by atoms with van der Waals surface area (Å²) in [5.74, 6) is -0.234. The summed E-state index contributed by atoms with van der Waals surface area (Å²) in [6.07, 6.45) is 2.98. The Balaban J connectivity index is 2.37. The number of nitro benzene ring substituents is 1. The lowest BCUT2D eigenvalue weighted by atomic mass is 10.0. The highest BCUT2D eigenvalue weighted by molar-refractivity contribution is 6.34. The quantitative estimate of drug-likeness (QED) is 0.516. The van der Waals surface area contributed by atoms with Crippen molar-refractivity contribution in [2.24, 2.45) is 0 Å². The van der Waals surface area contributed by atoms with E-state index in [1.54, 1.807) is 4.90 Å². The molecule has 0 bridgehead atoms. The van der Waals surface area contributed by atoms with Crippen LogP contribution in [-0.4, -0.2) is 28.3 Å². The summed E-state index contributed by atoms with van der Waals surface area (Å²) in [7, 11) is 0. The standard InChI is InChI=1S/C13H16ClN3O3/c1-8-4-2-3-5-16(8)13(18)9-6-10(14)12(15)11(7-9)17(19)20/h6-8H,2-5,15H2,1H3. The van der Waals surface area contributed by atoms with E-state index >= 15 is 0 Å². The van der Waals surface area contributed by atoms with Gasteiger partial charge in [0.05, 0.1) is 9.95 Å². The molecule has 1 heterocycles. The number of nitrogens with zero attached hydrogens (tertiary/aromatic N) is 2. The van der Waals surface area contributed by atoms with E-state index < -0.39 is 4.92 Å². The van der Waals surface area contributed by atoms with Crippen LogP contribution in [0, 0.1) is 10.1 Å². The molecular formula is C13H16ClN3O3. The molecule has 1 amide bonds. The van der Waals surface area contributed by atoms with E-state index in [-0.39, 0.29) is 33.9 Å². The van der Waals surface area contributed by atoms with Crippen LogP contribution < -0.4 is 5.73 Å². The first kappa shape index (κ1) is 14.6. The molecule has 2 rings (SSSR count). The topological polar surface area (TPSA) is 89.5 Å². The molecule has 1 aromatic carbocycles. The fraction of sp³-hybridized carbons (Fsp3) is 0.462. The van der Waals surface area contributed by atoms with Crippen LogP contribution in [0.1, 0.15) is 36.5 Å². The van der Waals surface area contributed by atoms with E-state index in [1.807, 2.05) is 6.92 Å². The number of carbonyl (C=O) groups excluding carboxylic acids is 1. The first-order valence-corrected chi connectivity index (χ1v) is 6.84. The van der Waals surface area contributed by atoms with Gasteiger partial charge in [0.25, 0.3) is 11.6 Å². The number of halogens is 1. The van der Waals surface area contributed by atoms with Gasteiger partial charge in [-0.05, 0) is 32.3 Å². The molecule has 7 heteroatoms. The number of hydrogen-bond donors (Lipinski definition) is 1. The molecule has 6 nitrogen and oxygen atoms in total. The largest absolute Gasteiger partial charge is 0.392 e. The van der Waals surface area contributed by atoms with Crippen molar-refractivity contribution in [3.63, 3.8) is 0 Å². The van der Waals surface area contributed by atoms with Crippen molar-refractivity contribution in [1.29, 1.82) is 0 Å². The molecule has 1 fully saturated rings. The summed E-state index contributed by atoms with van der Waals surface area (Å²) in [5.41, 5.74) is 5.33. The van der Waals surface area contributed by atoms with Crippen LogP contribution in [0.5, 0.6) is 0 Å². The third-order valence-electron chi connectivity index (χ3n) is 3.62. The van der Waals surface area contributed by atoms with Crippen molar-refractivity contribution in [3.8, 4) is 0 Å². The Bertz CT molecular complexity index is 562. The van der Waals surface area contributed by atoms with Gasteiger partial charge in [-0.25, -0.2) is 0 Å². The zero-order valence-corrected chi connectivity index (χ0v) is 11.9. The van der Waals surface area contributed by atoms with Crippen molar-refractivity contribution in [2.75, 3.05) is 12.3 Å². The molecule has 0 radical (unpaired) electrons. The Morgan fingerprint density at radius 2 is 2.20 bits per heavy atom. The minimum atomic E-state index is -0.627. The molecule has 1 aromatic rings. The first-order chi connectivity index (χ1) is 9.41. The maximum atomic E-state index is 12.5. The number of nitro groups is 1. The summed E-state index contributed by atoms with van der Waals surface area (Å²) < 4.78 is 0. The van der Waals surface area contributed by atoms with Gasteiger partial charge < -0.3 is 10.6 Å². The summed E-state index contributed by atoms with van der Waals surface area (Å²) in [5, 5.41) is 11.0. The smallest absolute Gasteiger partial charge is 0.294 e. The number of nitrogens with two attached hydrogens (primary N) is 1. The van der Waals surface area contributed by atoms with Crippen molar-refractivity contribution in [3.05, 3.63) is 32.8 Å². The second kappa shape index (κ2) is 5.66. The van der Waals surface area contributed by atoms with Crippen LogP contribution in [0.2, 0.25) is 5.02 Å². The highest BCUT2D eigenvalue weighted by Crippen LogP contribution is 2.32. The van der Waals surface area contributed by atoms with Crippen LogP contribution in [-0.2, 0) is 0 Å². The molecule has 0 aromatic heterocycles. The minimum absolute atomic E-state index is 0.0345. The van der Waals surface area contributed by atoms with Gasteiger partial charge in [-0.2, -0.15) is 0 Å². The van der Waals surface area contributed by atoms with E-state index in [0.717, 1.165) is 19.3 Å². The Morgan fingerprint density at radius 1 is 1.50 bits per heavy atom. The fourth-order valence-electron chi connectivity index (χ4n) is 2.44. The molecule has 1 atom stereocenters. The lowest BCUT2D eigenvalue weighted by Gasteiger charge is -2.33. The summed E-state index contributed by atoms with van der Waals surface area (Å²) in [4.78, 5) is 24.5. The third kappa shape index (κ3) is 2.70. The Kier molecular flexibility index (Phi) is 4.13. The van der Waals surface area contributed by atoms with Gasteiger partial charge in [0.15, 0.2) is 0 Å². The fourth-order valence-corrected chi connectivity index (χ4v) is 2.66. The predicted molar refractivity (Wildman–Crippen MR) is 76.9 cm³/mol. The molecule has 2 N–H and O–H groups in total. The van der Waals surface area contributed by atoms with Crippen LogP contribution in [0.3, 0.4) is 0 Å². The normalized spacial score (nSPS) is 18.9. The highest BCUT2D eigenvalue weighted by Gasteiger charge is 2.27. The number of benzene rings is 1. The zero-order chi connectivity index (χ0) is 14.9. The van der Waals surface area contributed by atoms with Gasteiger partial charge in [-0.15, -0.1) is 0 Å². The van der Waals surface area contributed by atoms with Crippen molar-refractivity contribution in [1.82, 2.24) is 4.90 Å². The number of anilines is 1. The average molecular weight is 298 g/mol. The monoisotopic (exact) mass is 297 g/mol. The number of carbonyl (C=O) groups is 1. The molecule has 0 saturated carbocycles. The second-order valence-electron chi connectivity index (χ2n) is 4.99. The SMILES string of the molecule is CC1CCCCN1C(=O)c1cc(Cl)c(N)c([N+](=O)[O-])c1. The van der Waals surface area contributed by atoms with Crippen LogP contribution in [0.25, 0.3) is 0 Å². The number of nitrogen functional groups attached to an aromatic ring is 1. The lowest BCUT2D eigenvalue weighted by Crippen LogP contribution is -2.42. The van der Waals surface area contributed by atoms with E-state index in [0.29, 0.717) is 6.54 Å². The van der Waals surface area contributed by atoms with Gasteiger partial charge in [-0.1, -0.05) is 11.6 Å². The van der Waals surface area contributed by atoms with Gasteiger partial charge in [0, 0.05) is 24.2 Å². The molecule has 0 spiro atoms. The Labute approximate surface area is 121 Å². The Morgan fingerprint density at radius 3 is 2.80 bits per heavy atom. The summed E-state index contributed by atoms with van der Waals surface area (Å²) in [6, 6.07) is 2.73. The maximum Gasteiger partial charge on any atom is 0.294 e. The average Bonchev–Trinajstić information content (AvgIpc) is 2.41. The van der Waals surface area contributed by atoms with Crippen molar-refractivity contribution < 1.29 is 9.72 Å². The molecule has 108 valence electrons. The van der Waals surface area contributed by atoms with Gasteiger partial charge in [0.1, 0.15) is 5.69 Å². The Hall–Kier alpha value is -1.82. The number of likely N-dealkylation sites (tertiary alicyclic amines) is 1. The second-order valence-corrected chi connectivity index (χ2v) is 5.40. The van der Waals surface area contributed by atoms with Gasteiger partial charge in [-0.3, -0.25) is 14.9 Å². The first-order valence-electron chi connectivity index (χ1n) is 6.46. The number of rotatable bonds is 2. The van der Waals surface area contributed by atoms with E-state index in [1.165, 1.54) is 12.1 Å². The number of hydrogen-bond acceptors (Lipinski definition) is 4. The third-order valence-corrected chi connectivity index (χ3v) is 3.93. The molecule has 1 saturated heterocycles. The van der Waals surface area contributed by atoms with Crippen LogP contribution in [0.15, 0.2) is 12.1 Å². The van der Waals surface area contributed by atoms with Gasteiger partial charge >= 0.3 is 0 Å². The molecule has 20 heavy (non-hydrogen) atoms. The molecule has 1 unspecified atom stereocenters. The number of piperidine rings is 1. The minimum Gasteiger partial charge on any atom is -0.392 e. The molecular weight excluding hydrogens is 282 g/mol. The van der Waals surface area contributed by atoms with Gasteiger partial charge in [0.2, 0.25) is 0 Å². The molecule has 1 aliphatic heterocycles. The van der Waals surface area contributed by atoms with Crippen LogP contribution in [0.4, 0.5) is 11.4 Å². The lowest BCUT2D eigenvalue weighted by molar-refractivity contribution is -0.383. The van der Waals surface area contributed by atoms with E-state index in [9.17, 15) is 14.9 Å². The highest BCUT2D eigenvalue weighted by atomic mass is 35.5. The molecule has 0 aliphatic carbocycles.